The summed E-state index contributed by atoms with van der Waals surface area (Å²) < 4.78 is 2.20. The molecule has 1 aliphatic rings. The van der Waals surface area contributed by atoms with Crippen LogP contribution in [-0.2, 0) is 6.54 Å². The monoisotopic (exact) mass is 280 g/mol. The number of anilines is 1. The van der Waals surface area contributed by atoms with Crippen LogP contribution in [0, 0.1) is 11.8 Å². The molecular formula is C17H20N4. The number of fused-ring (bicyclic) bond motifs is 3. The van der Waals surface area contributed by atoms with Crippen LogP contribution >= 0.6 is 0 Å². The number of hydrogen-bond acceptors (Lipinski definition) is 3. The Morgan fingerprint density at radius 2 is 2.10 bits per heavy atom. The van der Waals surface area contributed by atoms with E-state index in [9.17, 15) is 0 Å². The van der Waals surface area contributed by atoms with Crippen molar-refractivity contribution in [3.63, 3.8) is 0 Å². The SMILES string of the molecule is CC1CCCC1Cn1c(N)nc2cnc3ccccc3c21. The van der Waals surface area contributed by atoms with Crippen molar-refractivity contribution >= 4 is 27.9 Å². The first-order valence-electron chi connectivity index (χ1n) is 7.73. The lowest BCUT2D eigenvalue weighted by Gasteiger charge is -2.17. The molecule has 4 heteroatoms. The third-order valence-corrected chi connectivity index (χ3v) is 4.97. The predicted octanol–water partition coefficient (Wildman–Crippen LogP) is 3.60. The van der Waals surface area contributed by atoms with Gasteiger partial charge in [0.2, 0.25) is 5.95 Å². The molecular weight excluding hydrogens is 260 g/mol. The topological polar surface area (TPSA) is 56.7 Å². The summed E-state index contributed by atoms with van der Waals surface area (Å²) in [6, 6.07) is 8.22. The number of rotatable bonds is 2. The van der Waals surface area contributed by atoms with E-state index in [1.165, 1.54) is 19.3 Å². The number of para-hydroxylation sites is 1. The van der Waals surface area contributed by atoms with Crippen LogP contribution < -0.4 is 5.73 Å². The molecule has 2 atom stereocenters. The molecule has 2 N–H and O–H groups in total. The van der Waals surface area contributed by atoms with Crippen molar-refractivity contribution in [1.82, 2.24) is 14.5 Å². The van der Waals surface area contributed by atoms with Gasteiger partial charge in [0.25, 0.3) is 0 Å². The maximum Gasteiger partial charge on any atom is 0.201 e. The molecule has 21 heavy (non-hydrogen) atoms. The van der Waals surface area contributed by atoms with E-state index in [0.29, 0.717) is 11.9 Å². The van der Waals surface area contributed by atoms with Crippen molar-refractivity contribution in [2.45, 2.75) is 32.7 Å². The van der Waals surface area contributed by atoms with Crippen molar-refractivity contribution in [2.24, 2.45) is 11.8 Å². The van der Waals surface area contributed by atoms with E-state index in [4.69, 9.17) is 5.73 Å². The van der Waals surface area contributed by atoms with E-state index in [1.54, 1.807) is 0 Å². The summed E-state index contributed by atoms with van der Waals surface area (Å²) in [5.74, 6) is 2.09. The van der Waals surface area contributed by atoms with Gasteiger partial charge in [-0.15, -0.1) is 0 Å². The Bertz CT molecular complexity index is 805. The first kappa shape index (κ1) is 12.6. The first-order valence-corrected chi connectivity index (χ1v) is 7.73. The number of imidazole rings is 1. The van der Waals surface area contributed by atoms with Gasteiger partial charge in [-0.1, -0.05) is 38.0 Å². The van der Waals surface area contributed by atoms with Crippen molar-refractivity contribution in [2.75, 3.05) is 5.73 Å². The molecule has 0 saturated heterocycles. The van der Waals surface area contributed by atoms with Gasteiger partial charge < -0.3 is 10.3 Å². The molecule has 1 aliphatic carbocycles. The molecule has 0 aliphatic heterocycles. The van der Waals surface area contributed by atoms with Gasteiger partial charge >= 0.3 is 0 Å². The van der Waals surface area contributed by atoms with Crippen LogP contribution in [-0.4, -0.2) is 14.5 Å². The summed E-state index contributed by atoms with van der Waals surface area (Å²) in [5, 5.41) is 1.14. The summed E-state index contributed by atoms with van der Waals surface area (Å²) >= 11 is 0. The number of nitrogens with two attached hydrogens (primary N) is 1. The van der Waals surface area contributed by atoms with E-state index >= 15 is 0 Å². The Balaban J connectivity index is 1.90. The van der Waals surface area contributed by atoms with Gasteiger partial charge in [0.1, 0.15) is 5.52 Å². The molecule has 4 nitrogen and oxygen atoms in total. The lowest BCUT2D eigenvalue weighted by molar-refractivity contribution is 0.370. The molecule has 0 radical (unpaired) electrons. The smallest absolute Gasteiger partial charge is 0.201 e. The van der Waals surface area contributed by atoms with Crippen LogP contribution in [0.25, 0.3) is 21.9 Å². The molecule has 2 unspecified atom stereocenters. The number of hydrogen-bond donors (Lipinski definition) is 1. The second-order valence-electron chi connectivity index (χ2n) is 6.26. The minimum absolute atomic E-state index is 0.613. The van der Waals surface area contributed by atoms with Crippen molar-refractivity contribution in [1.29, 1.82) is 0 Å². The highest BCUT2D eigenvalue weighted by atomic mass is 15.2. The number of pyridine rings is 1. The average Bonchev–Trinajstić information content (AvgIpc) is 3.04. The lowest BCUT2D eigenvalue weighted by atomic mass is 9.98. The summed E-state index contributed by atoms with van der Waals surface area (Å²) in [7, 11) is 0. The number of nitrogens with zero attached hydrogens (tertiary/aromatic N) is 3. The molecule has 0 spiro atoms. The third-order valence-electron chi connectivity index (χ3n) is 4.97. The molecule has 4 rings (SSSR count). The Labute approximate surface area is 124 Å². The fourth-order valence-corrected chi connectivity index (χ4v) is 3.69. The maximum atomic E-state index is 6.19. The summed E-state index contributed by atoms with van der Waals surface area (Å²) in [6.45, 7) is 3.32. The van der Waals surface area contributed by atoms with E-state index < -0.39 is 0 Å². The second-order valence-corrected chi connectivity index (χ2v) is 6.26. The maximum absolute atomic E-state index is 6.19. The highest BCUT2D eigenvalue weighted by Gasteiger charge is 2.25. The minimum atomic E-state index is 0.613. The van der Waals surface area contributed by atoms with Crippen LogP contribution in [0.15, 0.2) is 30.5 Å². The van der Waals surface area contributed by atoms with Crippen molar-refractivity contribution in [3.8, 4) is 0 Å². The molecule has 3 aromatic rings. The molecule has 2 aromatic heterocycles. The fraction of sp³-hybridized carbons (Fsp3) is 0.412. The average molecular weight is 280 g/mol. The Morgan fingerprint density at radius 1 is 1.24 bits per heavy atom. The summed E-state index contributed by atoms with van der Waals surface area (Å²) in [5.41, 5.74) is 9.23. The van der Waals surface area contributed by atoms with Gasteiger partial charge in [0.05, 0.1) is 17.2 Å². The molecule has 1 fully saturated rings. The van der Waals surface area contributed by atoms with Gasteiger partial charge in [-0.25, -0.2) is 4.98 Å². The number of nitrogen functional groups attached to an aromatic ring is 1. The second kappa shape index (κ2) is 4.72. The first-order chi connectivity index (χ1) is 10.2. The van der Waals surface area contributed by atoms with Crippen LogP contribution in [0.1, 0.15) is 26.2 Å². The van der Waals surface area contributed by atoms with Crippen LogP contribution in [0.5, 0.6) is 0 Å². The van der Waals surface area contributed by atoms with Crippen LogP contribution in [0.3, 0.4) is 0 Å². The number of benzene rings is 1. The van der Waals surface area contributed by atoms with E-state index in [-0.39, 0.29) is 0 Å². The molecule has 2 heterocycles. The number of aromatic nitrogens is 3. The Hall–Kier alpha value is -2.10. The van der Waals surface area contributed by atoms with Gasteiger partial charge in [-0.2, -0.15) is 0 Å². The summed E-state index contributed by atoms with van der Waals surface area (Å²) in [4.78, 5) is 8.99. The standard InChI is InChI=1S/C17H20N4/c1-11-5-4-6-12(11)10-21-16-13-7-2-3-8-14(13)19-9-15(16)20-17(21)18/h2-3,7-9,11-12H,4-6,10H2,1H3,(H2,18,20). The van der Waals surface area contributed by atoms with Crippen LogP contribution in [0.2, 0.25) is 0 Å². The molecule has 108 valence electrons. The normalized spacial score (nSPS) is 22.3. The third kappa shape index (κ3) is 1.97. The van der Waals surface area contributed by atoms with Gasteiger partial charge in [0.15, 0.2) is 0 Å². The highest BCUT2D eigenvalue weighted by Crippen LogP contribution is 2.35. The Morgan fingerprint density at radius 3 is 2.90 bits per heavy atom. The molecule has 0 bridgehead atoms. The van der Waals surface area contributed by atoms with Gasteiger partial charge in [-0.3, -0.25) is 4.98 Å². The fourth-order valence-electron chi connectivity index (χ4n) is 3.69. The molecule has 1 saturated carbocycles. The minimum Gasteiger partial charge on any atom is -0.369 e. The quantitative estimate of drug-likeness (QED) is 0.780. The zero-order chi connectivity index (χ0) is 14.4. The highest BCUT2D eigenvalue weighted by molar-refractivity contribution is 6.02. The molecule has 1 aromatic carbocycles. The van der Waals surface area contributed by atoms with Crippen molar-refractivity contribution in [3.05, 3.63) is 30.5 Å². The lowest BCUT2D eigenvalue weighted by Crippen LogP contribution is -2.15. The molecule has 0 amide bonds. The van der Waals surface area contributed by atoms with Crippen LogP contribution in [0.4, 0.5) is 5.95 Å². The zero-order valence-electron chi connectivity index (χ0n) is 12.3. The summed E-state index contributed by atoms with van der Waals surface area (Å²) in [6.07, 6.45) is 5.80. The van der Waals surface area contributed by atoms with Gasteiger partial charge in [-0.05, 0) is 24.3 Å². The van der Waals surface area contributed by atoms with E-state index in [1.807, 2.05) is 18.3 Å². The Kier molecular flexibility index (Phi) is 2.84. The largest absolute Gasteiger partial charge is 0.369 e. The van der Waals surface area contributed by atoms with Gasteiger partial charge in [0, 0.05) is 11.9 Å². The predicted molar refractivity (Wildman–Crippen MR) is 86.0 cm³/mol. The van der Waals surface area contributed by atoms with E-state index in [2.05, 4.69) is 33.6 Å². The zero-order valence-corrected chi connectivity index (χ0v) is 12.3. The van der Waals surface area contributed by atoms with E-state index in [0.717, 1.165) is 34.4 Å². The van der Waals surface area contributed by atoms with Crippen molar-refractivity contribution < 1.29 is 0 Å².